The molecule has 7 heteroatoms. The fourth-order valence-corrected chi connectivity index (χ4v) is 4.53. The summed E-state index contributed by atoms with van der Waals surface area (Å²) >= 11 is 0. The predicted molar refractivity (Wildman–Crippen MR) is 111 cm³/mol. The van der Waals surface area contributed by atoms with Crippen molar-refractivity contribution in [1.29, 1.82) is 0 Å². The highest BCUT2D eigenvalue weighted by Crippen LogP contribution is 2.42. The van der Waals surface area contributed by atoms with Crippen LogP contribution in [-0.4, -0.2) is 36.7 Å². The number of rotatable bonds is 3. The molecule has 29 heavy (non-hydrogen) atoms. The van der Waals surface area contributed by atoms with Crippen molar-refractivity contribution in [3.8, 4) is 17.1 Å². The zero-order valence-electron chi connectivity index (χ0n) is 16.1. The van der Waals surface area contributed by atoms with Gasteiger partial charge >= 0.3 is 5.69 Å². The SMILES string of the molecule is Cc1c(-c2cccc3c2CCN3C2CC2)cc2cnn(-c3ncccn3)c(=O)n12. The maximum atomic E-state index is 13.2. The van der Waals surface area contributed by atoms with Crippen LogP contribution in [0.1, 0.15) is 24.1 Å². The highest BCUT2D eigenvalue weighted by Gasteiger charge is 2.34. The van der Waals surface area contributed by atoms with Gasteiger partial charge in [0.1, 0.15) is 0 Å². The van der Waals surface area contributed by atoms with Gasteiger partial charge in [-0.15, -0.1) is 4.68 Å². The first-order valence-corrected chi connectivity index (χ1v) is 9.99. The Morgan fingerprint density at radius 2 is 1.90 bits per heavy atom. The maximum absolute atomic E-state index is 13.2. The summed E-state index contributed by atoms with van der Waals surface area (Å²) in [5.74, 6) is 0.273. The van der Waals surface area contributed by atoms with Crippen LogP contribution in [0.15, 0.2) is 53.7 Å². The Labute approximate surface area is 167 Å². The molecule has 1 aromatic carbocycles. The van der Waals surface area contributed by atoms with Gasteiger partial charge in [-0.05, 0) is 55.5 Å². The van der Waals surface area contributed by atoms with E-state index < -0.39 is 0 Å². The Kier molecular flexibility index (Phi) is 3.41. The van der Waals surface area contributed by atoms with Gasteiger partial charge in [0.25, 0.3) is 5.95 Å². The van der Waals surface area contributed by atoms with E-state index >= 15 is 0 Å². The van der Waals surface area contributed by atoms with Crippen LogP contribution in [0, 0.1) is 6.92 Å². The first-order chi connectivity index (χ1) is 14.2. The molecule has 0 radical (unpaired) electrons. The molecule has 4 heterocycles. The monoisotopic (exact) mass is 384 g/mol. The lowest BCUT2D eigenvalue weighted by atomic mass is 9.98. The van der Waals surface area contributed by atoms with Gasteiger partial charge in [0.2, 0.25) is 0 Å². The summed E-state index contributed by atoms with van der Waals surface area (Å²) in [4.78, 5) is 24.0. The van der Waals surface area contributed by atoms with E-state index in [9.17, 15) is 4.79 Å². The van der Waals surface area contributed by atoms with Crippen LogP contribution in [0.5, 0.6) is 0 Å². The molecule has 3 aromatic heterocycles. The average molecular weight is 384 g/mol. The minimum atomic E-state index is -0.260. The summed E-state index contributed by atoms with van der Waals surface area (Å²) in [7, 11) is 0. The third-order valence-electron chi connectivity index (χ3n) is 6.04. The molecule has 6 rings (SSSR count). The van der Waals surface area contributed by atoms with Gasteiger partial charge in [0, 0.05) is 41.9 Å². The number of hydrogen-bond acceptors (Lipinski definition) is 5. The van der Waals surface area contributed by atoms with Crippen LogP contribution in [0.25, 0.3) is 22.6 Å². The molecule has 0 atom stereocenters. The average Bonchev–Trinajstić information content (AvgIpc) is 3.41. The molecular weight excluding hydrogens is 364 g/mol. The van der Waals surface area contributed by atoms with E-state index in [1.807, 2.05) is 6.92 Å². The maximum Gasteiger partial charge on any atom is 0.356 e. The molecule has 4 aromatic rings. The first-order valence-electron chi connectivity index (χ1n) is 9.99. The Morgan fingerprint density at radius 1 is 1.07 bits per heavy atom. The number of nitrogens with zero attached hydrogens (tertiary/aromatic N) is 6. The fraction of sp³-hybridized carbons (Fsp3) is 0.273. The van der Waals surface area contributed by atoms with Crippen molar-refractivity contribution in [1.82, 2.24) is 24.1 Å². The topological polar surface area (TPSA) is 68.3 Å². The second kappa shape index (κ2) is 6.01. The van der Waals surface area contributed by atoms with E-state index in [0.29, 0.717) is 6.04 Å². The van der Waals surface area contributed by atoms with Crippen LogP contribution < -0.4 is 10.6 Å². The highest BCUT2D eigenvalue weighted by molar-refractivity contribution is 5.81. The lowest BCUT2D eigenvalue weighted by Crippen LogP contribution is -2.29. The number of benzene rings is 1. The van der Waals surface area contributed by atoms with E-state index in [4.69, 9.17) is 0 Å². The minimum absolute atomic E-state index is 0.260. The van der Waals surface area contributed by atoms with E-state index in [1.165, 1.54) is 34.3 Å². The zero-order chi connectivity index (χ0) is 19.5. The molecule has 7 nitrogen and oxygen atoms in total. The van der Waals surface area contributed by atoms with Gasteiger partial charge in [0.05, 0.1) is 11.7 Å². The van der Waals surface area contributed by atoms with Crippen LogP contribution in [0.3, 0.4) is 0 Å². The summed E-state index contributed by atoms with van der Waals surface area (Å²) in [5, 5.41) is 4.29. The molecule has 0 N–H and O–H groups in total. The predicted octanol–water partition coefficient (Wildman–Crippen LogP) is 2.78. The molecular formula is C22H20N6O. The summed E-state index contributed by atoms with van der Waals surface area (Å²) in [6, 6.07) is 11.0. The summed E-state index contributed by atoms with van der Waals surface area (Å²) in [6.45, 7) is 3.08. The summed E-state index contributed by atoms with van der Waals surface area (Å²) in [5.41, 5.74) is 6.48. The number of anilines is 1. The smallest absolute Gasteiger partial charge is 0.356 e. The Bertz CT molecular complexity index is 1300. The first kappa shape index (κ1) is 16.5. The van der Waals surface area contributed by atoms with Gasteiger partial charge in [-0.1, -0.05) is 12.1 Å². The third-order valence-corrected chi connectivity index (χ3v) is 6.04. The van der Waals surface area contributed by atoms with Crippen LogP contribution in [0.2, 0.25) is 0 Å². The molecule has 2 aliphatic rings. The minimum Gasteiger partial charge on any atom is -0.368 e. The third kappa shape index (κ3) is 2.43. The molecule has 144 valence electrons. The van der Waals surface area contributed by atoms with Gasteiger partial charge in [0.15, 0.2) is 0 Å². The van der Waals surface area contributed by atoms with Gasteiger partial charge in [-0.25, -0.2) is 14.8 Å². The molecule has 0 unspecified atom stereocenters. The number of fused-ring (bicyclic) bond motifs is 2. The molecule has 1 aliphatic carbocycles. The van der Waals surface area contributed by atoms with Crippen molar-refractivity contribution < 1.29 is 0 Å². The number of aromatic nitrogens is 5. The van der Waals surface area contributed by atoms with Crippen molar-refractivity contribution in [2.75, 3.05) is 11.4 Å². The second-order valence-electron chi connectivity index (χ2n) is 7.77. The molecule has 0 bridgehead atoms. The largest absolute Gasteiger partial charge is 0.368 e. The summed E-state index contributed by atoms with van der Waals surface area (Å²) < 4.78 is 2.94. The Morgan fingerprint density at radius 3 is 2.69 bits per heavy atom. The van der Waals surface area contributed by atoms with E-state index in [1.54, 1.807) is 29.1 Å². The quantitative estimate of drug-likeness (QED) is 0.543. The zero-order valence-corrected chi connectivity index (χ0v) is 16.1. The van der Waals surface area contributed by atoms with Crippen LogP contribution >= 0.6 is 0 Å². The standard InChI is InChI=1S/C22H20N6O/c1-14-19(17-4-2-5-20-18(17)8-11-26(20)15-6-7-15)12-16-13-25-28(22(29)27(14)16)21-23-9-3-10-24-21/h2-5,9-10,12-13,15H,6-8,11H2,1H3. The lowest BCUT2D eigenvalue weighted by molar-refractivity contribution is 0.704. The molecule has 0 saturated heterocycles. The van der Waals surface area contributed by atoms with Crippen LogP contribution in [0.4, 0.5) is 5.69 Å². The second-order valence-corrected chi connectivity index (χ2v) is 7.77. The van der Waals surface area contributed by atoms with E-state index in [2.05, 4.69) is 44.2 Å². The summed E-state index contributed by atoms with van der Waals surface area (Å²) in [6.07, 6.45) is 8.56. The van der Waals surface area contributed by atoms with Crippen molar-refractivity contribution >= 4 is 11.2 Å². The normalized spacial score (nSPS) is 15.8. The number of aryl methyl sites for hydroxylation is 1. The van der Waals surface area contributed by atoms with Gasteiger partial charge in [-0.3, -0.25) is 4.40 Å². The molecule has 1 fully saturated rings. The van der Waals surface area contributed by atoms with Gasteiger partial charge < -0.3 is 4.90 Å². The molecule has 0 spiro atoms. The molecule has 0 amide bonds. The lowest BCUT2D eigenvalue weighted by Gasteiger charge is -2.19. The van der Waals surface area contributed by atoms with Crippen molar-refractivity contribution in [3.63, 3.8) is 0 Å². The fourth-order valence-electron chi connectivity index (χ4n) is 4.53. The van der Waals surface area contributed by atoms with Crippen molar-refractivity contribution in [3.05, 3.63) is 70.7 Å². The molecule has 1 saturated carbocycles. The van der Waals surface area contributed by atoms with Crippen molar-refractivity contribution in [2.24, 2.45) is 0 Å². The Hall–Kier alpha value is -3.48. The highest BCUT2D eigenvalue weighted by atomic mass is 16.2. The van der Waals surface area contributed by atoms with Crippen molar-refractivity contribution in [2.45, 2.75) is 32.2 Å². The molecule has 1 aliphatic heterocycles. The van der Waals surface area contributed by atoms with Crippen LogP contribution in [-0.2, 0) is 6.42 Å². The van der Waals surface area contributed by atoms with Gasteiger partial charge in [-0.2, -0.15) is 5.10 Å². The Balaban J connectivity index is 1.53. The van der Waals surface area contributed by atoms with E-state index in [-0.39, 0.29) is 11.6 Å². The van der Waals surface area contributed by atoms with E-state index in [0.717, 1.165) is 29.7 Å². The number of hydrogen-bond donors (Lipinski definition) is 0.